The Morgan fingerprint density at radius 3 is 3.00 bits per heavy atom. The SMILES string of the molecule is CCNC(=O)c1cn(CC2CCCC2)nn1. The highest BCUT2D eigenvalue weighted by atomic mass is 16.1. The average Bonchev–Trinajstić information content (AvgIpc) is 2.90. The predicted octanol–water partition coefficient (Wildman–Crippen LogP) is 1.22. The zero-order valence-corrected chi connectivity index (χ0v) is 9.65. The molecule has 0 bridgehead atoms. The molecule has 0 aromatic carbocycles. The Morgan fingerprint density at radius 1 is 1.56 bits per heavy atom. The van der Waals surface area contributed by atoms with Crippen molar-refractivity contribution < 1.29 is 4.79 Å². The van der Waals surface area contributed by atoms with E-state index < -0.39 is 0 Å². The monoisotopic (exact) mass is 222 g/mol. The highest BCUT2D eigenvalue weighted by Gasteiger charge is 2.17. The summed E-state index contributed by atoms with van der Waals surface area (Å²) >= 11 is 0. The molecule has 1 amide bonds. The number of hydrogen-bond donors (Lipinski definition) is 1. The molecule has 0 saturated heterocycles. The second-order valence-electron chi connectivity index (χ2n) is 4.34. The molecule has 0 radical (unpaired) electrons. The second kappa shape index (κ2) is 5.09. The lowest BCUT2D eigenvalue weighted by atomic mass is 10.1. The van der Waals surface area contributed by atoms with Gasteiger partial charge in [0.05, 0.1) is 6.20 Å². The Hall–Kier alpha value is -1.39. The van der Waals surface area contributed by atoms with E-state index in [2.05, 4.69) is 15.6 Å². The van der Waals surface area contributed by atoms with Crippen LogP contribution >= 0.6 is 0 Å². The van der Waals surface area contributed by atoms with Crippen LogP contribution in [-0.2, 0) is 6.54 Å². The standard InChI is InChI=1S/C11H18N4O/c1-2-12-11(16)10-8-15(14-13-10)7-9-5-3-4-6-9/h8-9H,2-7H2,1H3,(H,12,16). The molecule has 0 unspecified atom stereocenters. The summed E-state index contributed by atoms with van der Waals surface area (Å²) in [6.07, 6.45) is 6.93. The number of amides is 1. The highest BCUT2D eigenvalue weighted by Crippen LogP contribution is 2.25. The summed E-state index contributed by atoms with van der Waals surface area (Å²) in [7, 11) is 0. The van der Waals surface area contributed by atoms with Crippen molar-refractivity contribution in [3.8, 4) is 0 Å². The first-order valence-corrected chi connectivity index (χ1v) is 5.98. The van der Waals surface area contributed by atoms with Crippen molar-refractivity contribution in [2.24, 2.45) is 5.92 Å². The molecular weight excluding hydrogens is 204 g/mol. The molecule has 0 spiro atoms. The summed E-state index contributed by atoms with van der Waals surface area (Å²) < 4.78 is 1.79. The van der Waals surface area contributed by atoms with Crippen LogP contribution < -0.4 is 5.32 Å². The van der Waals surface area contributed by atoms with Gasteiger partial charge in [-0.05, 0) is 25.7 Å². The lowest BCUT2D eigenvalue weighted by Gasteiger charge is -2.06. The van der Waals surface area contributed by atoms with Crippen molar-refractivity contribution in [2.75, 3.05) is 6.54 Å². The van der Waals surface area contributed by atoms with E-state index in [0.717, 1.165) is 6.54 Å². The van der Waals surface area contributed by atoms with E-state index in [4.69, 9.17) is 0 Å². The minimum absolute atomic E-state index is 0.139. The van der Waals surface area contributed by atoms with Gasteiger partial charge < -0.3 is 5.32 Å². The summed E-state index contributed by atoms with van der Waals surface area (Å²) in [6.45, 7) is 3.40. The van der Waals surface area contributed by atoms with Gasteiger partial charge in [0.15, 0.2) is 5.69 Å². The number of carbonyl (C=O) groups is 1. The Bertz CT molecular complexity index is 355. The molecule has 5 nitrogen and oxygen atoms in total. The van der Waals surface area contributed by atoms with Crippen molar-refractivity contribution in [3.63, 3.8) is 0 Å². The van der Waals surface area contributed by atoms with Crippen LogP contribution in [0.1, 0.15) is 43.1 Å². The third kappa shape index (κ3) is 2.59. The summed E-state index contributed by atoms with van der Waals surface area (Å²) in [5, 5.41) is 10.6. The molecule has 0 aliphatic heterocycles. The maximum atomic E-state index is 11.5. The first kappa shape index (κ1) is 11.1. The molecule has 2 rings (SSSR count). The lowest BCUT2D eigenvalue weighted by Crippen LogP contribution is -2.22. The molecule has 5 heteroatoms. The fraction of sp³-hybridized carbons (Fsp3) is 0.727. The summed E-state index contributed by atoms with van der Waals surface area (Å²) in [5.74, 6) is 0.573. The van der Waals surface area contributed by atoms with Crippen LogP contribution in [0.4, 0.5) is 0 Å². The zero-order valence-electron chi connectivity index (χ0n) is 9.65. The van der Waals surface area contributed by atoms with E-state index >= 15 is 0 Å². The number of aromatic nitrogens is 3. The first-order valence-electron chi connectivity index (χ1n) is 5.98. The third-order valence-electron chi connectivity index (χ3n) is 3.03. The number of nitrogens with zero attached hydrogens (tertiary/aromatic N) is 3. The second-order valence-corrected chi connectivity index (χ2v) is 4.34. The van der Waals surface area contributed by atoms with Gasteiger partial charge in [0, 0.05) is 13.1 Å². The minimum atomic E-state index is -0.139. The van der Waals surface area contributed by atoms with Gasteiger partial charge in [-0.1, -0.05) is 18.1 Å². The molecular formula is C11H18N4O. The van der Waals surface area contributed by atoms with Crippen LogP contribution in [-0.4, -0.2) is 27.4 Å². The number of carbonyl (C=O) groups excluding carboxylic acids is 1. The molecule has 1 fully saturated rings. The van der Waals surface area contributed by atoms with E-state index in [0.29, 0.717) is 18.2 Å². The fourth-order valence-electron chi connectivity index (χ4n) is 2.20. The summed E-state index contributed by atoms with van der Waals surface area (Å²) in [6, 6.07) is 0. The number of hydrogen-bond acceptors (Lipinski definition) is 3. The van der Waals surface area contributed by atoms with Crippen LogP contribution in [0.3, 0.4) is 0 Å². The Labute approximate surface area is 95.2 Å². The van der Waals surface area contributed by atoms with Gasteiger partial charge in [0.25, 0.3) is 5.91 Å². The fourth-order valence-corrected chi connectivity index (χ4v) is 2.20. The normalized spacial score (nSPS) is 16.6. The Balaban J connectivity index is 1.93. The smallest absolute Gasteiger partial charge is 0.273 e. The van der Waals surface area contributed by atoms with Crippen molar-refractivity contribution in [1.29, 1.82) is 0 Å². The van der Waals surface area contributed by atoms with Crippen molar-refractivity contribution >= 4 is 5.91 Å². The molecule has 1 saturated carbocycles. The van der Waals surface area contributed by atoms with E-state index in [1.807, 2.05) is 6.92 Å². The summed E-state index contributed by atoms with van der Waals surface area (Å²) in [4.78, 5) is 11.5. The maximum Gasteiger partial charge on any atom is 0.273 e. The van der Waals surface area contributed by atoms with Crippen LogP contribution in [0.15, 0.2) is 6.20 Å². The molecule has 1 aliphatic rings. The quantitative estimate of drug-likeness (QED) is 0.833. The Kier molecular flexibility index (Phi) is 3.54. The predicted molar refractivity (Wildman–Crippen MR) is 60.0 cm³/mol. The van der Waals surface area contributed by atoms with Crippen LogP contribution in [0.5, 0.6) is 0 Å². The molecule has 1 aliphatic carbocycles. The number of nitrogens with one attached hydrogen (secondary N) is 1. The molecule has 1 heterocycles. The van der Waals surface area contributed by atoms with E-state index in [1.54, 1.807) is 10.9 Å². The van der Waals surface area contributed by atoms with Crippen LogP contribution in [0, 0.1) is 5.92 Å². The Morgan fingerprint density at radius 2 is 2.31 bits per heavy atom. The maximum absolute atomic E-state index is 11.5. The molecule has 1 N–H and O–H groups in total. The molecule has 0 atom stereocenters. The van der Waals surface area contributed by atoms with Crippen molar-refractivity contribution in [3.05, 3.63) is 11.9 Å². The summed E-state index contributed by atoms with van der Waals surface area (Å²) in [5.41, 5.74) is 0.417. The van der Waals surface area contributed by atoms with Crippen molar-refractivity contribution in [2.45, 2.75) is 39.2 Å². The molecule has 16 heavy (non-hydrogen) atoms. The first-order chi connectivity index (χ1) is 7.79. The molecule has 1 aromatic heterocycles. The van der Waals surface area contributed by atoms with E-state index in [1.165, 1.54) is 25.7 Å². The number of rotatable bonds is 4. The van der Waals surface area contributed by atoms with Gasteiger partial charge in [-0.2, -0.15) is 0 Å². The topological polar surface area (TPSA) is 59.8 Å². The van der Waals surface area contributed by atoms with E-state index in [9.17, 15) is 4.79 Å². The van der Waals surface area contributed by atoms with Gasteiger partial charge in [-0.15, -0.1) is 5.10 Å². The van der Waals surface area contributed by atoms with Gasteiger partial charge in [-0.25, -0.2) is 0 Å². The van der Waals surface area contributed by atoms with Gasteiger partial charge in [-0.3, -0.25) is 9.48 Å². The van der Waals surface area contributed by atoms with Crippen LogP contribution in [0.2, 0.25) is 0 Å². The average molecular weight is 222 g/mol. The zero-order chi connectivity index (χ0) is 11.4. The molecule has 88 valence electrons. The highest BCUT2D eigenvalue weighted by molar-refractivity contribution is 5.91. The van der Waals surface area contributed by atoms with Crippen molar-refractivity contribution in [1.82, 2.24) is 20.3 Å². The third-order valence-corrected chi connectivity index (χ3v) is 3.03. The van der Waals surface area contributed by atoms with Gasteiger partial charge in [0.2, 0.25) is 0 Å². The minimum Gasteiger partial charge on any atom is -0.351 e. The lowest BCUT2D eigenvalue weighted by molar-refractivity contribution is 0.0950. The van der Waals surface area contributed by atoms with Crippen LogP contribution in [0.25, 0.3) is 0 Å². The van der Waals surface area contributed by atoms with E-state index in [-0.39, 0.29) is 5.91 Å². The van der Waals surface area contributed by atoms with Gasteiger partial charge in [0.1, 0.15) is 0 Å². The molecule has 1 aromatic rings. The largest absolute Gasteiger partial charge is 0.351 e. The van der Waals surface area contributed by atoms with Gasteiger partial charge >= 0.3 is 0 Å².